The Labute approximate surface area is 251 Å². The second kappa shape index (κ2) is 9.55. The highest BCUT2D eigenvalue weighted by molar-refractivity contribution is 7.26. The molecule has 7 aromatic carbocycles. The van der Waals surface area contributed by atoms with Gasteiger partial charge < -0.3 is 0 Å². The topological polar surface area (TPSA) is 38.7 Å². The Hall–Kier alpha value is -5.45. The minimum atomic E-state index is 0.665. The van der Waals surface area contributed by atoms with Crippen molar-refractivity contribution < 1.29 is 0 Å². The van der Waals surface area contributed by atoms with E-state index in [0.717, 1.165) is 27.5 Å². The second-order valence-electron chi connectivity index (χ2n) is 10.8. The lowest BCUT2D eigenvalue weighted by atomic mass is 9.96. The zero-order valence-corrected chi connectivity index (χ0v) is 23.8. The highest BCUT2D eigenvalue weighted by Gasteiger charge is 2.17. The van der Waals surface area contributed by atoms with Crippen molar-refractivity contribution in [2.75, 3.05) is 0 Å². The van der Waals surface area contributed by atoms with Gasteiger partial charge in [0.05, 0.1) is 0 Å². The summed E-state index contributed by atoms with van der Waals surface area (Å²) in [6, 6.07) is 49.1. The average Bonchev–Trinajstić information content (AvgIpc) is 3.47. The first kappa shape index (κ1) is 24.2. The Morgan fingerprint density at radius 3 is 1.95 bits per heavy atom. The number of fused-ring (bicyclic) bond motifs is 8. The summed E-state index contributed by atoms with van der Waals surface area (Å²) >= 11 is 1.87. The molecular weight excluding hydrogens is 543 g/mol. The summed E-state index contributed by atoms with van der Waals surface area (Å²) in [7, 11) is 0. The van der Waals surface area contributed by atoms with E-state index in [9.17, 15) is 0 Å². The molecule has 0 aliphatic heterocycles. The molecule has 200 valence electrons. The lowest BCUT2D eigenvalue weighted by Gasteiger charge is -2.12. The lowest BCUT2D eigenvalue weighted by molar-refractivity contribution is 1.08. The van der Waals surface area contributed by atoms with Gasteiger partial charge in [-0.1, -0.05) is 127 Å². The van der Waals surface area contributed by atoms with Gasteiger partial charge in [0.2, 0.25) is 0 Å². The van der Waals surface area contributed by atoms with Crippen molar-refractivity contribution in [3.8, 4) is 34.2 Å². The highest BCUT2D eigenvalue weighted by Crippen LogP contribution is 2.42. The van der Waals surface area contributed by atoms with Crippen molar-refractivity contribution in [2.24, 2.45) is 0 Å². The van der Waals surface area contributed by atoms with Crippen LogP contribution in [0.25, 0.3) is 86.7 Å². The molecule has 0 fully saturated rings. The molecule has 0 unspecified atom stereocenters. The zero-order chi connectivity index (χ0) is 28.3. The summed E-state index contributed by atoms with van der Waals surface area (Å²) in [6.45, 7) is 0. The third-order valence-electron chi connectivity index (χ3n) is 8.30. The normalized spacial score (nSPS) is 11.7. The summed E-state index contributed by atoms with van der Waals surface area (Å²) in [5.74, 6) is 2.00. The van der Waals surface area contributed by atoms with Crippen LogP contribution >= 0.6 is 11.3 Å². The van der Waals surface area contributed by atoms with E-state index < -0.39 is 0 Å². The van der Waals surface area contributed by atoms with E-state index in [1.807, 2.05) is 29.5 Å². The monoisotopic (exact) mass is 565 g/mol. The van der Waals surface area contributed by atoms with Crippen molar-refractivity contribution in [1.82, 2.24) is 15.0 Å². The molecule has 9 rings (SSSR count). The predicted octanol–water partition coefficient (Wildman–Crippen LogP) is 10.7. The molecule has 0 radical (unpaired) electrons. The first-order valence-electron chi connectivity index (χ1n) is 14.4. The Kier molecular flexibility index (Phi) is 5.37. The zero-order valence-electron chi connectivity index (χ0n) is 23.0. The fourth-order valence-electron chi connectivity index (χ4n) is 6.22. The predicted molar refractivity (Wildman–Crippen MR) is 182 cm³/mol. The number of aromatic nitrogens is 3. The van der Waals surface area contributed by atoms with Crippen LogP contribution in [0.2, 0.25) is 0 Å². The summed E-state index contributed by atoms with van der Waals surface area (Å²) in [4.78, 5) is 15.2. The summed E-state index contributed by atoms with van der Waals surface area (Å²) < 4.78 is 2.63. The van der Waals surface area contributed by atoms with Crippen LogP contribution in [0.4, 0.5) is 0 Å². The molecule has 9 aromatic rings. The molecule has 0 saturated heterocycles. The van der Waals surface area contributed by atoms with Crippen LogP contribution in [-0.2, 0) is 0 Å². The molecule has 43 heavy (non-hydrogen) atoms. The Balaban J connectivity index is 1.32. The van der Waals surface area contributed by atoms with Crippen LogP contribution in [0.3, 0.4) is 0 Å². The molecule has 0 atom stereocenters. The van der Waals surface area contributed by atoms with Crippen molar-refractivity contribution in [2.45, 2.75) is 0 Å². The molecule has 0 aliphatic carbocycles. The van der Waals surface area contributed by atoms with Gasteiger partial charge in [0.25, 0.3) is 0 Å². The molecule has 2 aromatic heterocycles. The maximum Gasteiger partial charge on any atom is 0.164 e. The number of rotatable bonds is 3. The molecule has 0 amide bonds. The first-order valence-corrected chi connectivity index (χ1v) is 15.2. The van der Waals surface area contributed by atoms with Gasteiger partial charge >= 0.3 is 0 Å². The Morgan fingerprint density at radius 1 is 0.395 bits per heavy atom. The van der Waals surface area contributed by atoms with Crippen LogP contribution < -0.4 is 0 Å². The standard InChI is InChI=1S/C39H23N3S/c1-2-10-26(11-3-1)37-40-38(28-18-17-24-9-4-5-12-27(24)23-28)42-39(41-37)33-15-8-14-31-29(33)21-19-25-20-22-32-30-13-6-7-16-34(30)43-36(32)35(25)31/h1-23H. The number of hydrogen-bond acceptors (Lipinski definition) is 4. The van der Waals surface area contributed by atoms with Gasteiger partial charge in [-0.15, -0.1) is 11.3 Å². The number of thiophene rings is 1. The van der Waals surface area contributed by atoms with Gasteiger partial charge in [-0.05, 0) is 39.1 Å². The maximum absolute atomic E-state index is 5.11. The van der Waals surface area contributed by atoms with Gasteiger partial charge in [0.15, 0.2) is 17.5 Å². The average molecular weight is 566 g/mol. The molecule has 0 aliphatic rings. The van der Waals surface area contributed by atoms with E-state index in [1.54, 1.807) is 0 Å². The lowest BCUT2D eigenvalue weighted by Crippen LogP contribution is -2.00. The van der Waals surface area contributed by atoms with E-state index in [2.05, 4.69) is 121 Å². The SMILES string of the molecule is c1ccc(-c2nc(-c3ccc4ccccc4c3)nc(-c3cccc4c3ccc3ccc5c6ccccc6sc5c34)n2)cc1. The molecule has 0 spiro atoms. The van der Waals surface area contributed by atoms with E-state index in [-0.39, 0.29) is 0 Å². The molecule has 4 heteroatoms. The summed E-state index contributed by atoms with van der Waals surface area (Å²) in [5, 5.41) is 9.82. The Morgan fingerprint density at radius 2 is 1.07 bits per heavy atom. The third-order valence-corrected chi connectivity index (χ3v) is 9.50. The van der Waals surface area contributed by atoms with Crippen molar-refractivity contribution >= 4 is 63.8 Å². The van der Waals surface area contributed by atoms with Gasteiger partial charge in [0.1, 0.15) is 0 Å². The highest BCUT2D eigenvalue weighted by atomic mass is 32.1. The molecule has 2 heterocycles. The van der Waals surface area contributed by atoms with Gasteiger partial charge in [-0.3, -0.25) is 0 Å². The number of hydrogen-bond donors (Lipinski definition) is 0. The quantitative estimate of drug-likeness (QED) is 0.200. The summed E-state index contributed by atoms with van der Waals surface area (Å²) in [5.41, 5.74) is 2.93. The number of benzene rings is 7. The van der Waals surface area contributed by atoms with Crippen molar-refractivity contribution in [3.63, 3.8) is 0 Å². The minimum Gasteiger partial charge on any atom is -0.208 e. The smallest absolute Gasteiger partial charge is 0.164 e. The van der Waals surface area contributed by atoms with Crippen LogP contribution in [0.1, 0.15) is 0 Å². The van der Waals surface area contributed by atoms with Crippen LogP contribution in [-0.4, -0.2) is 15.0 Å². The first-order chi connectivity index (χ1) is 21.3. The fraction of sp³-hybridized carbons (Fsp3) is 0. The maximum atomic E-state index is 5.11. The van der Waals surface area contributed by atoms with Gasteiger partial charge in [-0.25, -0.2) is 15.0 Å². The van der Waals surface area contributed by atoms with Gasteiger partial charge in [-0.2, -0.15) is 0 Å². The van der Waals surface area contributed by atoms with Gasteiger partial charge in [0, 0.05) is 42.2 Å². The minimum absolute atomic E-state index is 0.665. The largest absolute Gasteiger partial charge is 0.208 e. The molecule has 0 saturated carbocycles. The van der Waals surface area contributed by atoms with Crippen LogP contribution in [0, 0.1) is 0 Å². The van der Waals surface area contributed by atoms with Crippen molar-refractivity contribution in [1.29, 1.82) is 0 Å². The summed E-state index contributed by atoms with van der Waals surface area (Å²) in [6.07, 6.45) is 0. The Bertz CT molecular complexity index is 2510. The molecule has 3 nitrogen and oxygen atoms in total. The van der Waals surface area contributed by atoms with E-state index in [1.165, 1.54) is 41.7 Å². The van der Waals surface area contributed by atoms with Crippen molar-refractivity contribution in [3.05, 3.63) is 140 Å². The van der Waals surface area contributed by atoms with Crippen LogP contribution in [0.5, 0.6) is 0 Å². The fourth-order valence-corrected chi connectivity index (χ4v) is 7.49. The number of nitrogens with zero attached hydrogens (tertiary/aromatic N) is 3. The molecule has 0 bridgehead atoms. The van der Waals surface area contributed by atoms with E-state index in [0.29, 0.717) is 17.5 Å². The second-order valence-corrected chi connectivity index (χ2v) is 11.9. The van der Waals surface area contributed by atoms with E-state index >= 15 is 0 Å². The molecular formula is C39H23N3S. The molecule has 0 N–H and O–H groups in total. The van der Waals surface area contributed by atoms with E-state index in [4.69, 9.17) is 15.0 Å². The van der Waals surface area contributed by atoms with Crippen LogP contribution in [0.15, 0.2) is 140 Å². The third kappa shape index (κ3) is 3.92.